The SMILES string of the molecule is COc1cccc(C2(C)NC(=O)N(CN3CCC(C(=O)N4CCCCCC4)CC3)C2=O)c1. The normalized spacial score (nSPS) is 25.6. The van der Waals surface area contributed by atoms with E-state index in [1.54, 1.807) is 20.1 Å². The standard InChI is InChI=1S/C24H34N4O4/c1-24(19-8-7-9-20(16-19)32-2)22(30)28(23(31)25-24)17-26-14-10-18(11-15-26)21(29)27-12-5-3-4-6-13-27/h7-9,16,18H,3-6,10-15,17H2,1-2H3,(H,25,31). The second-order valence-electron chi connectivity index (χ2n) is 9.29. The van der Waals surface area contributed by atoms with Crippen molar-refractivity contribution in [1.82, 2.24) is 20.0 Å². The molecule has 4 rings (SSSR count). The highest BCUT2D eigenvalue weighted by Gasteiger charge is 2.49. The van der Waals surface area contributed by atoms with Gasteiger partial charge in [0.05, 0.1) is 13.8 Å². The number of hydrogen-bond acceptors (Lipinski definition) is 5. The molecule has 174 valence electrons. The maximum atomic E-state index is 13.2. The van der Waals surface area contributed by atoms with Gasteiger partial charge in [0, 0.05) is 32.1 Å². The number of imide groups is 1. The number of methoxy groups -OCH3 is 1. The predicted molar refractivity (Wildman–Crippen MR) is 120 cm³/mol. The second kappa shape index (κ2) is 9.48. The Kier molecular flexibility index (Phi) is 6.69. The zero-order chi connectivity index (χ0) is 22.7. The monoisotopic (exact) mass is 442 g/mol. The summed E-state index contributed by atoms with van der Waals surface area (Å²) in [6.45, 7) is 5.14. The minimum atomic E-state index is -1.12. The first kappa shape index (κ1) is 22.6. The van der Waals surface area contributed by atoms with Crippen LogP contribution in [0, 0.1) is 5.92 Å². The minimum absolute atomic E-state index is 0.0505. The fourth-order valence-corrected chi connectivity index (χ4v) is 5.03. The number of carbonyl (C=O) groups is 3. The zero-order valence-corrected chi connectivity index (χ0v) is 19.1. The van der Waals surface area contributed by atoms with Crippen LogP contribution < -0.4 is 10.1 Å². The van der Waals surface area contributed by atoms with Crippen molar-refractivity contribution in [3.05, 3.63) is 29.8 Å². The Morgan fingerprint density at radius 1 is 1.09 bits per heavy atom. The summed E-state index contributed by atoms with van der Waals surface area (Å²) in [4.78, 5) is 44.3. The molecular weight excluding hydrogens is 408 g/mol. The van der Waals surface area contributed by atoms with Crippen LogP contribution in [-0.2, 0) is 15.1 Å². The average Bonchev–Trinajstić information content (AvgIpc) is 3.01. The first-order chi connectivity index (χ1) is 15.4. The van der Waals surface area contributed by atoms with E-state index in [0.717, 1.165) is 38.8 Å². The van der Waals surface area contributed by atoms with Gasteiger partial charge in [-0.15, -0.1) is 0 Å². The predicted octanol–water partition coefficient (Wildman–Crippen LogP) is 2.53. The van der Waals surface area contributed by atoms with Gasteiger partial charge in [0.1, 0.15) is 11.3 Å². The third-order valence-electron chi connectivity index (χ3n) is 7.12. The number of rotatable bonds is 5. The lowest BCUT2D eigenvalue weighted by Gasteiger charge is -2.35. The van der Waals surface area contributed by atoms with Gasteiger partial charge < -0.3 is 15.0 Å². The summed E-state index contributed by atoms with van der Waals surface area (Å²) in [5.41, 5.74) is -0.424. The van der Waals surface area contributed by atoms with Crippen LogP contribution in [0.5, 0.6) is 5.75 Å². The molecule has 8 nitrogen and oxygen atoms in total. The average molecular weight is 443 g/mol. The van der Waals surface area contributed by atoms with E-state index < -0.39 is 5.54 Å². The smallest absolute Gasteiger partial charge is 0.326 e. The molecule has 1 aromatic carbocycles. The summed E-state index contributed by atoms with van der Waals surface area (Å²) in [5, 5.41) is 2.86. The topological polar surface area (TPSA) is 82.2 Å². The lowest BCUT2D eigenvalue weighted by atomic mass is 9.92. The summed E-state index contributed by atoms with van der Waals surface area (Å²) in [5.74, 6) is 0.709. The van der Waals surface area contributed by atoms with Crippen LogP contribution >= 0.6 is 0 Å². The Bertz CT molecular complexity index is 859. The van der Waals surface area contributed by atoms with Gasteiger partial charge >= 0.3 is 6.03 Å². The molecule has 8 heteroatoms. The molecule has 1 N–H and O–H groups in total. The molecule has 3 saturated heterocycles. The van der Waals surface area contributed by atoms with E-state index in [9.17, 15) is 14.4 Å². The molecule has 3 heterocycles. The Balaban J connectivity index is 1.35. The number of hydrogen-bond donors (Lipinski definition) is 1. The Labute approximate surface area is 189 Å². The van der Waals surface area contributed by atoms with Crippen molar-refractivity contribution in [1.29, 1.82) is 0 Å². The van der Waals surface area contributed by atoms with Crippen molar-refractivity contribution < 1.29 is 19.1 Å². The number of nitrogens with zero attached hydrogens (tertiary/aromatic N) is 3. The molecule has 0 aromatic heterocycles. The highest BCUT2D eigenvalue weighted by atomic mass is 16.5. The fraction of sp³-hybridized carbons (Fsp3) is 0.625. The lowest BCUT2D eigenvalue weighted by Crippen LogP contribution is -2.48. The fourth-order valence-electron chi connectivity index (χ4n) is 5.03. The summed E-state index contributed by atoms with van der Waals surface area (Å²) >= 11 is 0. The molecule has 3 fully saturated rings. The van der Waals surface area contributed by atoms with Gasteiger partial charge in [0.15, 0.2) is 0 Å². The number of nitrogens with one attached hydrogen (secondary N) is 1. The Morgan fingerprint density at radius 2 is 1.78 bits per heavy atom. The van der Waals surface area contributed by atoms with Gasteiger partial charge in [-0.25, -0.2) is 9.69 Å². The van der Waals surface area contributed by atoms with E-state index in [1.807, 2.05) is 23.1 Å². The van der Waals surface area contributed by atoms with Crippen molar-refractivity contribution in [2.24, 2.45) is 5.92 Å². The molecule has 1 unspecified atom stereocenters. The van der Waals surface area contributed by atoms with Gasteiger partial charge in [-0.05, 0) is 50.3 Å². The van der Waals surface area contributed by atoms with Crippen LogP contribution in [0.2, 0.25) is 0 Å². The molecule has 4 amide bonds. The van der Waals surface area contributed by atoms with Crippen molar-refractivity contribution in [3.63, 3.8) is 0 Å². The number of likely N-dealkylation sites (tertiary alicyclic amines) is 2. The third kappa shape index (κ3) is 4.46. The molecule has 1 aromatic rings. The van der Waals surface area contributed by atoms with Gasteiger partial charge in [0.2, 0.25) is 5.91 Å². The van der Waals surface area contributed by atoms with E-state index in [2.05, 4.69) is 10.2 Å². The molecule has 32 heavy (non-hydrogen) atoms. The van der Waals surface area contributed by atoms with Crippen LogP contribution in [-0.4, -0.2) is 72.5 Å². The Hall–Kier alpha value is -2.61. The molecule has 0 bridgehead atoms. The van der Waals surface area contributed by atoms with E-state index in [0.29, 0.717) is 24.4 Å². The number of carbonyl (C=O) groups excluding carboxylic acids is 3. The van der Waals surface area contributed by atoms with Crippen LogP contribution in [0.1, 0.15) is 51.0 Å². The molecule has 1 atom stereocenters. The molecule has 3 aliphatic rings. The molecule has 0 radical (unpaired) electrons. The van der Waals surface area contributed by atoms with Crippen LogP contribution in [0.3, 0.4) is 0 Å². The first-order valence-electron chi connectivity index (χ1n) is 11.7. The number of ether oxygens (including phenoxy) is 1. The molecular formula is C24H34N4O4. The molecule has 3 aliphatic heterocycles. The van der Waals surface area contributed by atoms with Gasteiger partial charge in [0.25, 0.3) is 5.91 Å². The summed E-state index contributed by atoms with van der Waals surface area (Å²) in [6.07, 6.45) is 6.16. The maximum absolute atomic E-state index is 13.2. The quantitative estimate of drug-likeness (QED) is 0.709. The number of urea groups is 1. The largest absolute Gasteiger partial charge is 0.497 e. The van der Waals surface area contributed by atoms with Crippen LogP contribution in [0.25, 0.3) is 0 Å². The van der Waals surface area contributed by atoms with E-state index in [4.69, 9.17) is 4.74 Å². The van der Waals surface area contributed by atoms with Crippen molar-refractivity contribution >= 4 is 17.8 Å². The number of amides is 4. The van der Waals surface area contributed by atoms with Crippen molar-refractivity contribution in [3.8, 4) is 5.75 Å². The minimum Gasteiger partial charge on any atom is -0.497 e. The van der Waals surface area contributed by atoms with Crippen LogP contribution in [0.15, 0.2) is 24.3 Å². The van der Waals surface area contributed by atoms with Gasteiger partial charge in [-0.3, -0.25) is 14.5 Å². The first-order valence-corrected chi connectivity index (χ1v) is 11.7. The molecule has 0 saturated carbocycles. The second-order valence-corrected chi connectivity index (χ2v) is 9.29. The summed E-state index contributed by atoms with van der Waals surface area (Å²) < 4.78 is 5.27. The van der Waals surface area contributed by atoms with Gasteiger partial charge in [-0.2, -0.15) is 0 Å². The number of piperidine rings is 1. The van der Waals surface area contributed by atoms with Crippen LogP contribution in [0.4, 0.5) is 4.79 Å². The zero-order valence-electron chi connectivity index (χ0n) is 19.1. The number of benzene rings is 1. The maximum Gasteiger partial charge on any atom is 0.326 e. The van der Waals surface area contributed by atoms with Gasteiger partial charge in [-0.1, -0.05) is 25.0 Å². The van der Waals surface area contributed by atoms with E-state index >= 15 is 0 Å². The Morgan fingerprint density at radius 3 is 2.44 bits per heavy atom. The molecule has 0 spiro atoms. The third-order valence-corrected chi connectivity index (χ3v) is 7.12. The van der Waals surface area contributed by atoms with E-state index in [-0.39, 0.29) is 30.4 Å². The summed E-state index contributed by atoms with van der Waals surface area (Å²) in [7, 11) is 1.57. The van der Waals surface area contributed by atoms with Crippen molar-refractivity contribution in [2.45, 2.75) is 51.0 Å². The van der Waals surface area contributed by atoms with Crippen molar-refractivity contribution in [2.75, 3.05) is 40.0 Å². The highest BCUT2D eigenvalue weighted by Crippen LogP contribution is 2.31. The van der Waals surface area contributed by atoms with E-state index in [1.165, 1.54) is 17.7 Å². The summed E-state index contributed by atoms with van der Waals surface area (Å²) in [6, 6.07) is 6.84. The molecule has 0 aliphatic carbocycles. The highest BCUT2D eigenvalue weighted by molar-refractivity contribution is 6.07. The lowest BCUT2D eigenvalue weighted by molar-refractivity contribution is -0.138.